The number of carbonyl (C=O) groups is 1. The zero-order valence-electron chi connectivity index (χ0n) is 12.6. The minimum atomic E-state index is -0.774. The molecule has 122 valence electrons. The number of ether oxygens (including phenoxy) is 1. The molecule has 0 saturated heterocycles. The molecule has 0 aliphatic rings. The zero-order chi connectivity index (χ0) is 17.1. The topological polar surface area (TPSA) is 65.2 Å². The third kappa shape index (κ3) is 3.44. The highest BCUT2D eigenvalue weighted by Crippen LogP contribution is 2.24. The summed E-state index contributed by atoms with van der Waals surface area (Å²) in [5.41, 5.74) is 0.823. The second-order valence-electron chi connectivity index (χ2n) is 4.98. The number of aromatic nitrogens is 2. The predicted octanol–water partition coefficient (Wildman–Crippen LogP) is 4.45. The van der Waals surface area contributed by atoms with Gasteiger partial charge in [-0.15, -0.1) is 10.2 Å². The summed E-state index contributed by atoms with van der Waals surface area (Å²) >= 11 is 5.85. The van der Waals surface area contributed by atoms with E-state index in [2.05, 4.69) is 10.2 Å². The van der Waals surface area contributed by atoms with Crippen LogP contribution in [0.15, 0.2) is 52.9 Å². The number of carbonyl (C=O) groups excluding carboxylic acids is 1. The van der Waals surface area contributed by atoms with E-state index < -0.39 is 17.9 Å². The fourth-order valence-electron chi connectivity index (χ4n) is 2.03. The second kappa shape index (κ2) is 6.80. The highest BCUT2D eigenvalue weighted by Gasteiger charge is 2.21. The molecule has 0 unspecified atom stereocenters. The van der Waals surface area contributed by atoms with Gasteiger partial charge in [-0.2, -0.15) is 0 Å². The molecule has 0 amide bonds. The van der Waals surface area contributed by atoms with Crippen LogP contribution >= 0.6 is 11.6 Å². The molecule has 24 heavy (non-hydrogen) atoms. The number of esters is 1. The zero-order valence-corrected chi connectivity index (χ0v) is 13.3. The van der Waals surface area contributed by atoms with Crippen molar-refractivity contribution < 1.29 is 18.3 Å². The maximum atomic E-state index is 13.0. The molecule has 0 fully saturated rings. The maximum absolute atomic E-state index is 13.0. The molecule has 0 N–H and O–H groups in total. The van der Waals surface area contributed by atoms with Crippen LogP contribution in [0.2, 0.25) is 5.02 Å². The van der Waals surface area contributed by atoms with Gasteiger partial charge in [0.1, 0.15) is 5.82 Å². The first-order valence-electron chi connectivity index (χ1n) is 7.09. The normalized spacial score (nSPS) is 12.0. The Balaban J connectivity index is 1.74. The van der Waals surface area contributed by atoms with Crippen molar-refractivity contribution in [1.82, 2.24) is 10.2 Å². The molecule has 3 rings (SSSR count). The number of benzene rings is 2. The van der Waals surface area contributed by atoms with Gasteiger partial charge in [-0.3, -0.25) is 0 Å². The monoisotopic (exact) mass is 346 g/mol. The SMILES string of the molecule is C[C@@H](OC(=O)c1ccc(F)cc1Cl)c1nnc(-c2ccccc2)o1. The molecule has 5 nitrogen and oxygen atoms in total. The van der Waals surface area contributed by atoms with E-state index in [1.165, 1.54) is 6.07 Å². The number of halogens is 2. The molecule has 0 aliphatic heterocycles. The molecule has 1 heterocycles. The first-order valence-corrected chi connectivity index (χ1v) is 7.47. The lowest BCUT2D eigenvalue weighted by atomic mass is 10.2. The minimum Gasteiger partial charge on any atom is -0.449 e. The second-order valence-corrected chi connectivity index (χ2v) is 5.39. The Morgan fingerprint density at radius 1 is 1.21 bits per heavy atom. The molecule has 0 aliphatic carbocycles. The Kier molecular flexibility index (Phi) is 4.57. The van der Waals surface area contributed by atoms with E-state index in [0.717, 1.165) is 17.7 Å². The number of hydrogen-bond donors (Lipinski definition) is 0. The molecule has 0 bridgehead atoms. The molecule has 7 heteroatoms. The summed E-state index contributed by atoms with van der Waals surface area (Å²) in [5, 5.41) is 7.80. The van der Waals surface area contributed by atoms with E-state index in [1.54, 1.807) is 6.92 Å². The summed E-state index contributed by atoms with van der Waals surface area (Å²) in [5.74, 6) is -0.755. The quantitative estimate of drug-likeness (QED) is 0.653. The summed E-state index contributed by atoms with van der Waals surface area (Å²) in [6.45, 7) is 1.59. The molecule has 1 atom stereocenters. The lowest BCUT2D eigenvalue weighted by Gasteiger charge is -2.10. The van der Waals surface area contributed by atoms with Gasteiger partial charge in [0.15, 0.2) is 6.10 Å². The van der Waals surface area contributed by atoms with Crippen molar-refractivity contribution in [3.63, 3.8) is 0 Å². The summed E-state index contributed by atoms with van der Waals surface area (Å²) in [6, 6.07) is 12.7. The van der Waals surface area contributed by atoms with Crippen molar-refractivity contribution in [3.05, 3.63) is 70.8 Å². The fraction of sp³-hybridized carbons (Fsp3) is 0.118. The van der Waals surface area contributed by atoms with Gasteiger partial charge in [0.2, 0.25) is 5.89 Å². The Labute approximate surface area is 142 Å². The van der Waals surface area contributed by atoms with Crippen LogP contribution in [-0.2, 0) is 4.74 Å². The van der Waals surface area contributed by atoms with Crippen LogP contribution < -0.4 is 0 Å². The Hall–Kier alpha value is -2.73. The van der Waals surface area contributed by atoms with Gasteiger partial charge in [-0.1, -0.05) is 29.8 Å². The van der Waals surface area contributed by atoms with Crippen LogP contribution in [0.5, 0.6) is 0 Å². The van der Waals surface area contributed by atoms with Crippen LogP contribution in [0, 0.1) is 5.82 Å². The van der Waals surface area contributed by atoms with Gasteiger partial charge >= 0.3 is 5.97 Å². The summed E-state index contributed by atoms with van der Waals surface area (Å²) in [4.78, 5) is 12.1. The van der Waals surface area contributed by atoms with Crippen LogP contribution in [0.25, 0.3) is 11.5 Å². The van der Waals surface area contributed by atoms with Crippen LogP contribution in [-0.4, -0.2) is 16.2 Å². The predicted molar refractivity (Wildman–Crippen MR) is 85.0 cm³/mol. The van der Waals surface area contributed by atoms with E-state index in [4.69, 9.17) is 20.8 Å². The van der Waals surface area contributed by atoms with Crippen molar-refractivity contribution in [3.8, 4) is 11.5 Å². The first kappa shape index (κ1) is 16.1. The van der Waals surface area contributed by atoms with E-state index >= 15 is 0 Å². The molecule has 0 radical (unpaired) electrons. The Bertz CT molecular complexity index is 867. The van der Waals surface area contributed by atoms with Crippen molar-refractivity contribution in [2.45, 2.75) is 13.0 Å². The third-order valence-electron chi connectivity index (χ3n) is 3.24. The maximum Gasteiger partial charge on any atom is 0.340 e. The van der Waals surface area contributed by atoms with E-state index in [-0.39, 0.29) is 16.5 Å². The highest BCUT2D eigenvalue weighted by atomic mass is 35.5. The largest absolute Gasteiger partial charge is 0.449 e. The lowest BCUT2D eigenvalue weighted by molar-refractivity contribution is 0.0280. The van der Waals surface area contributed by atoms with E-state index in [0.29, 0.717) is 5.89 Å². The van der Waals surface area contributed by atoms with Crippen molar-refractivity contribution >= 4 is 17.6 Å². The van der Waals surface area contributed by atoms with Crippen molar-refractivity contribution in [2.75, 3.05) is 0 Å². The lowest BCUT2D eigenvalue weighted by Crippen LogP contribution is -2.10. The highest BCUT2D eigenvalue weighted by molar-refractivity contribution is 6.33. The summed E-state index contributed by atoms with van der Waals surface area (Å²) < 4.78 is 23.8. The van der Waals surface area contributed by atoms with Gasteiger partial charge in [0.05, 0.1) is 10.6 Å². The molecule has 2 aromatic carbocycles. The third-order valence-corrected chi connectivity index (χ3v) is 3.56. The first-order chi connectivity index (χ1) is 11.5. The molecule has 0 spiro atoms. The van der Waals surface area contributed by atoms with E-state index in [9.17, 15) is 9.18 Å². The van der Waals surface area contributed by atoms with Gasteiger partial charge in [-0.05, 0) is 37.3 Å². The molecular formula is C17H12ClFN2O3. The summed E-state index contributed by atoms with van der Waals surface area (Å²) in [6.07, 6.45) is -0.774. The minimum absolute atomic E-state index is 0.0253. The average molecular weight is 347 g/mol. The van der Waals surface area contributed by atoms with Crippen LogP contribution in [0.3, 0.4) is 0 Å². The van der Waals surface area contributed by atoms with Gasteiger partial charge in [0, 0.05) is 5.56 Å². The van der Waals surface area contributed by atoms with Gasteiger partial charge in [-0.25, -0.2) is 9.18 Å². The Morgan fingerprint density at radius 2 is 1.96 bits per heavy atom. The van der Waals surface area contributed by atoms with Crippen LogP contribution in [0.4, 0.5) is 4.39 Å². The van der Waals surface area contributed by atoms with Crippen LogP contribution in [0.1, 0.15) is 29.3 Å². The molecule has 0 saturated carbocycles. The molecular weight excluding hydrogens is 335 g/mol. The average Bonchev–Trinajstić information content (AvgIpc) is 3.05. The van der Waals surface area contributed by atoms with Gasteiger partial charge < -0.3 is 9.15 Å². The number of hydrogen-bond acceptors (Lipinski definition) is 5. The van der Waals surface area contributed by atoms with Crippen molar-refractivity contribution in [1.29, 1.82) is 0 Å². The van der Waals surface area contributed by atoms with E-state index in [1.807, 2.05) is 30.3 Å². The standard InChI is InChI=1S/C17H12ClFN2O3/c1-10(23-17(22)13-8-7-12(19)9-14(13)18)15-20-21-16(24-15)11-5-3-2-4-6-11/h2-10H,1H3/t10-/m1/s1. The number of rotatable bonds is 4. The number of nitrogens with zero attached hydrogens (tertiary/aromatic N) is 2. The Morgan fingerprint density at radius 3 is 2.67 bits per heavy atom. The fourth-order valence-corrected chi connectivity index (χ4v) is 2.27. The van der Waals surface area contributed by atoms with Crippen molar-refractivity contribution in [2.24, 2.45) is 0 Å². The molecule has 3 aromatic rings. The molecule has 1 aromatic heterocycles. The van der Waals surface area contributed by atoms with Gasteiger partial charge in [0.25, 0.3) is 5.89 Å². The summed E-state index contributed by atoms with van der Waals surface area (Å²) in [7, 11) is 0. The smallest absolute Gasteiger partial charge is 0.340 e.